The summed E-state index contributed by atoms with van der Waals surface area (Å²) in [5.41, 5.74) is 8.32. The van der Waals surface area contributed by atoms with Crippen LogP contribution in [0.25, 0.3) is 10.9 Å². The number of rotatable bonds is 4. The minimum Gasteiger partial charge on any atom is -0.384 e. The number of anilines is 1. The fraction of sp³-hybridized carbons (Fsp3) is 0.125. The quantitative estimate of drug-likeness (QED) is 0.684. The molecule has 3 aromatic rings. The zero-order valence-corrected chi connectivity index (χ0v) is 11.5. The molecule has 0 aliphatic carbocycles. The molecule has 0 spiro atoms. The Bertz CT molecular complexity index is 761. The van der Waals surface area contributed by atoms with Crippen LogP contribution >= 0.6 is 0 Å². The lowest BCUT2D eigenvalue weighted by atomic mass is 10.1. The Balaban J connectivity index is 1.61. The number of nitrogens with two attached hydrogens (primary N) is 1. The molecule has 5 heteroatoms. The topological polar surface area (TPSA) is 83.8 Å². The summed E-state index contributed by atoms with van der Waals surface area (Å²) >= 11 is 0. The predicted molar refractivity (Wildman–Crippen MR) is 83.0 cm³/mol. The first-order chi connectivity index (χ1) is 10.2. The van der Waals surface area contributed by atoms with Gasteiger partial charge in [-0.2, -0.15) is 0 Å². The molecule has 0 radical (unpaired) electrons. The van der Waals surface area contributed by atoms with E-state index in [0.29, 0.717) is 17.9 Å². The molecule has 4 N–H and O–H groups in total. The summed E-state index contributed by atoms with van der Waals surface area (Å²) in [6.45, 7) is 0.574. The van der Waals surface area contributed by atoms with Crippen LogP contribution in [0.15, 0.2) is 48.8 Å². The largest absolute Gasteiger partial charge is 0.384 e. The van der Waals surface area contributed by atoms with Crippen LogP contribution in [0.2, 0.25) is 0 Å². The first kappa shape index (κ1) is 13.2. The van der Waals surface area contributed by atoms with Gasteiger partial charge in [-0.15, -0.1) is 0 Å². The Morgan fingerprint density at radius 1 is 1.24 bits per heavy atom. The van der Waals surface area contributed by atoms with Crippen LogP contribution in [0.5, 0.6) is 0 Å². The lowest BCUT2D eigenvalue weighted by Crippen LogP contribution is -2.25. The van der Waals surface area contributed by atoms with E-state index in [4.69, 9.17) is 5.73 Å². The summed E-state index contributed by atoms with van der Waals surface area (Å²) in [5, 5.41) is 4.08. The van der Waals surface area contributed by atoms with Crippen molar-refractivity contribution in [2.75, 3.05) is 12.3 Å². The van der Waals surface area contributed by atoms with E-state index in [2.05, 4.69) is 21.4 Å². The number of H-pyrrole nitrogens is 1. The number of nitrogens with one attached hydrogen (secondary N) is 2. The summed E-state index contributed by atoms with van der Waals surface area (Å²) in [7, 11) is 0. The molecule has 3 rings (SSSR count). The smallest absolute Gasteiger partial charge is 0.252 e. The Labute approximate surface area is 122 Å². The second-order valence-electron chi connectivity index (χ2n) is 4.84. The van der Waals surface area contributed by atoms with E-state index < -0.39 is 0 Å². The third-order valence-electron chi connectivity index (χ3n) is 3.40. The van der Waals surface area contributed by atoms with Crippen molar-refractivity contribution in [1.82, 2.24) is 15.3 Å². The van der Waals surface area contributed by atoms with E-state index in [9.17, 15) is 4.79 Å². The maximum Gasteiger partial charge on any atom is 0.252 e. The number of pyridine rings is 1. The van der Waals surface area contributed by atoms with Gasteiger partial charge in [0.1, 0.15) is 5.82 Å². The molecule has 2 aromatic heterocycles. The molecular weight excluding hydrogens is 264 g/mol. The first-order valence-corrected chi connectivity index (χ1v) is 6.79. The van der Waals surface area contributed by atoms with Crippen LogP contribution in [-0.4, -0.2) is 22.4 Å². The minimum absolute atomic E-state index is 0.137. The Kier molecular flexibility index (Phi) is 3.55. The molecule has 2 heterocycles. The van der Waals surface area contributed by atoms with Gasteiger partial charge in [0.2, 0.25) is 0 Å². The van der Waals surface area contributed by atoms with Gasteiger partial charge in [0.25, 0.3) is 5.91 Å². The van der Waals surface area contributed by atoms with E-state index in [1.807, 2.05) is 24.4 Å². The molecule has 0 atom stereocenters. The highest BCUT2D eigenvalue weighted by Crippen LogP contribution is 2.17. The fourth-order valence-electron chi connectivity index (χ4n) is 2.29. The van der Waals surface area contributed by atoms with Gasteiger partial charge in [-0.25, -0.2) is 4.98 Å². The number of aromatic nitrogens is 2. The summed E-state index contributed by atoms with van der Waals surface area (Å²) < 4.78 is 0. The molecule has 0 bridgehead atoms. The lowest BCUT2D eigenvalue weighted by Gasteiger charge is -2.05. The van der Waals surface area contributed by atoms with Crippen LogP contribution in [-0.2, 0) is 6.42 Å². The third-order valence-corrected chi connectivity index (χ3v) is 3.40. The monoisotopic (exact) mass is 280 g/mol. The Morgan fingerprint density at radius 3 is 2.90 bits per heavy atom. The molecule has 21 heavy (non-hydrogen) atoms. The predicted octanol–water partition coefficient (Wildman–Crippen LogP) is 2.12. The number of amides is 1. The zero-order valence-electron chi connectivity index (χ0n) is 11.5. The molecule has 5 nitrogen and oxygen atoms in total. The molecule has 106 valence electrons. The summed E-state index contributed by atoms with van der Waals surface area (Å²) in [6, 6.07) is 11.4. The highest BCUT2D eigenvalue weighted by Gasteiger charge is 2.06. The van der Waals surface area contributed by atoms with Crippen molar-refractivity contribution in [1.29, 1.82) is 0 Å². The summed E-state index contributed by atoms with van der Waals surface area (Å²) in [5.74, 6) is 0.271. The van der Waals surface area contributed by atoms with E-state index >= 15 is 0 Å². The molecule has 0 saturated heterocycles. The third kappa shape index (κ3) is 2.86. The van der Waals surface area contributed by atoms with E-state index in [-0.39, 0.29) is 5.91 Å². The second kappa shape index (κ2) is 5.66. The van der Waals surface area contributed by atoms with E-state index in [0.717, 1.165) is 11.9 Å². The van der Waals surface area contributed by atoms with E-state index in [1.54, 1.807) is 12.1 Å². The van der Waals surface area contributed by atoms with Gasteiger partial charge < -0.3 is 16.0 Å². The van der Waals surface area contributed by atoms with Gasteiger partial charge in [0.05, 0.1) is 5.56 Å². The number of carbonyl (C=O) groups excluding carboxylic acids is 1. The number of fused-ring (bicyclic) bond motifs is 1. The normalized spacial score (nSPS) is 10.7. The van der Waals surface area contributed by atoms with Crippen LogP contribution in [0.4, 0.5) is 5.82 Å². The van der Waals surface area contributed by atoms with Crippen molar-refractivity contribution in [2.45, 2.75) is 6.42 Å². The minimum atomic E-state index is -0.137. The number of para-hydroxylation sites is 1. The zero-order chi connectivity index (χ0) is 14.7. The molecule has 1 aromatic carbocycles. The van der Waals surface area contributed by atoms with Crippen molar-refractivity contribution in [3.05, 3.63) is 59.9 Å². The fourth-order valence-corrected chi connectivity index (χ4v) is 2.29. The van der Waals surface area contributed by atoms with Crippen molar-refractivity contribution in [3.8, 4) is 0 Å². The molecule has 1 amide bonds. The average molecular weight is 280 g/mol. The van der Waals surface area contributed by atoms with Crippen molar-refractivity contribution >= 4 is 22.6 Å². The van der Waals surface area contributed by atoms with Crippen LogP contribution in [0, 0.1) is 0 Å². The lowest BCUT2D eigenvalue weighted by molar-refractivity contribution is 0.0954. The molecule has 0 aliphatic heterocycles. The molecular formula is C16H16N4O. The van der Waals surface area contributed by atoms with Crippen molar-refractivity contribution in [2.24, 2.45) is 0 Å². The maximum absolute atomic E-state index is 11.9. The number of hydrogen-bond acceptors (Lipinski definition) is 3. The van der Waals surface area contributed by atoms with Gasteiger partial charge in [0.15, 0.2) is 0 Å². The maximum atomic E-state index is 11.9. The van der Waals surface area contributed by atoms with Crippen LogP contribution in [0.3, 0.4) is 0 Å². The van der Waals surface area contributed by atoms with Crippen molar-refractivity contribution in [3.63, 3.8) is 0 Å². The Hall–Kier alpha value is -2.82. The summed E-state index contributed by atoms with van der Waals surface area (Å²) in [6.07, 6.45) is 4.25. The number of benzene rings is 1. The number of nitrogens with zero attached hydrogens (tertiary/aromatic N) is 1. The van der Waals surface area contributed by atoms with Crippen LogP contribution < -0.4 is 11.1 Å². The number of aromatic amines is 1. The number of carbonyl (C=O) groups is 1. The van der Waals surface area contributed by atoms with Crippen molar-refractivity contribution < 1.29 is 4.79 Å². The average Bonchev–Trinajstić information content (AvgIpc) is 2.91. The SMILES string of the molecule is Nc1ccc(C(=O)NCCc2c[nH]c3ccccc23)cn1. The highest BCUT2D eigenvalue weighted by molar-refractivity contribution is 5.94. The molecule has 0 saturated carbocycles. The molecule has 0 fully saturated rings. The molecule has 0 unspecified atom stereocenters. The van der Waals surface area contributed by atoms with Gasteiger partial charge in [-0.3, -0.25) is 4.79 Å². The second-order valence-corrected chi connectivity index (χ2v) is 4.84. The van der Waals surface area contributed by atoms with Gasteiger partial charge in [-0.1, -0.05) is 18.2 Å². The number of hydrogen-bond donors (Lipinski definition) is 3. The van der Waals surface area contributed by atoms with Gasteiger partial charge in [-0.05, 0) is 30.2 Å². The summed E-state index contributed by atoms with van der Waals surface area (Å²) in [4.78, 5) is 19.1. The van der Waals surface area contributed by atoms with Gasteiger partial charge >= 0.3 is 0 Å². The number of nitrogen functional groups attached to an aromatic ring is 1. The van der Waals surface area contributed by atoms with E-state index in [1.165, 1.54) is 17.1 Å². The first-order valence-electron chi connectivity index (χ1n) is 6.79. The molecule has 0 aliphatic rings. The Morgan fingerprint density at radius 2 is 2.10 bits per heavy atom. The highest BCUT2D eigenvalue weighted by atomic mass is 16.1. The van der Waals surface area contributed by atoms with Gasteiger partial charge in [0, 0.05) is 29.8 Å². The standard InChI is InChI=1S/C16H16N4O/c17-15-6-5-12(10-20-15)16(21)18-8-7-11-9-19-14-4-2-1-3-13(11)14/h1-6,9-10,19H,7-8H2,(H2,17,20)(H,18,21). The van der Waals surface area contributed by atoms with Crippen LogP contribution in [0.1, 0.15) is 15.9 Å².